The molecule has 6 nitrogen and oxygen atoms in total. The van der Waals surface area contributed by atoms with Crippen molar-refractivity contribution in [3.63, 3.8) is 0 Å². The number of carbonyl (C=O) groups excluding carboxylic acids is 1. The smallest absolute Gasteiger partial charge is 0.273 e. The second-order valence-corrected chi connectivity index (χ2v) is 8.18. The van der Waals surface area contributed by atoms with Crippen LogP contribution < -0.4 is 5.32 Å². The molecule has 1 aliphatic heterocycles. The molecule has 0 spiro atoms. The first-order chi connectivity index (χ1) is 15.7. The van der Waals surface area contributed by atoms with Crippen molar-refractivity contribution in [3.8, 4) is 0 Å². The molecule has 2 aromatic carbocycles. The largest absolute Gasteiger partial charge is 0.447 e. The zero-order chi connectivity index (χ0) is 22.2. The van der Waals surface area contributed by atoms with Gasteiger partial charge in [0.05, 0.1) is 6.54 Å². The Bertz CT molecular complexity index is 1020. The SMILES string of the molecule is Cc1ccc(CNC(=O)c2coc(CN3CCN(C/C=C/c4ccccc4)CC3)n2)cc1. The number of aryl methyl sites for hydroxylation is 1. The van der Waals surface area contributed by atoms with Crippen LogP contribution in [0.15, 0.2) is 71.4 Å². The van der Waals surface area contributed by atoms with E-state index in [1.807, 2.05) is 37.3 Å². The molecule has 1 saturated heterocycles. The Morgan fingerprint density at radius 2 is 1.75 bits per heavy atom. The van der Waals surface area contributed by atoms with E-state index >= 15 is 0 Å². The van der Waals surface area contributed by atoms with Gasteiger partial charge >= 0.3 is 0 Å². The summed E-state index contributed by atoms with van der Waals surface area (Å²) in [5.41, 5.74) is 3.82. The van der Waals surface area contributed by atoms with E-state index in [1.54, 1.807) is 0 Å². The van der Waals surface area contributed by atoms with E-state index in [-0.39, 0.29) is 5.91 Å². The van der Waals surface area contributed by atoms with Gasteiger partial charge in [0.25, 0.3) is 5.91 Å². The van der Waals surface area contributed by atoms with E-state index in [1.165, 1.54) is 17.4 Å². The number of hydrogen-bond donors (Lipinski definition) is 1. The van der Waals surface area contributed by atoms with Gasteiger partial charge in [0.2, 0.25) is 5.89 Å². The normalized spacial score (nSPS) is 15.3. The predicted molar refractivity (Wildman–Crippen MR) is 126 cm³/mol. The Kier molecular flexibility index (Phi) is 7.48. The highest BCUT2D eigenvalue weighted by Gasteiger charge is 2.19. The van der Waals surface area contributed by atoms with E-state index < -0.39 is 0 Å². The van der Waals surface area contributed by atoms with Crippen LogP contribution in [0, 0.1) is 6.92 Å². The molecule has 0 radical (unpaired) electrons. The van der Waals surface area contributed by atoms with E-state index in [9.17, 15) is 4.79 Å². The average Bonchev–Trinajstić information content (AvgIpc) is 3.29. The molecule has 0 atom stereocenters. The molecule has 1 N–H and O–H groups in total. The van der Waals surface area contributed by atoms with Crippen LogP contribution in [0.25, 0.3) is 6.08 Å². The molecule has 1 aliphatic rings. The Morgan fingerprint density at radius 3 is 2.50 bits per heavy atom. The second kappa shape index (κ2) is 10.9. The molecule has 2 heterocycles. The standard InChI is InChI=1S/C26H30N4O2/c1-21-9-11-23(12-10-21)18-27-26(31)24-20-32-25(28-24)19-30-16-14-29(15-17-30)13-5-8-22-6-3-2-4-7-22/h2-12,20H,13-19H2,1H3,(H,27,31)/b8-5+. The van der Waals surface area contributed by atoms with Crippen LogP contribution in [0.1, 0.15) is 33.1 Å². The highest BCUT2D eigenvalue weighted by atomic mass is 16.3. The molecule has 6 heteroatoms. The lowest BCUT2D eigenvalue weighted by atomic mass is 10.1. The van der Waals surface area contributed by atoms with Crippen LogP contribution in [-0.4, -0.2) is 53.4 Å². The van der Waals surface area contributed by atoms with Gasteiger partial charge in [0.15, 0.2) is 5.69 Å². The van der Waals surface area contributed by atoms with Gasteiger partial charge in [-0.05, 0) is 18.1 Å². The molecule has 1 fully saturated rings. The lowest BCUT2D eigenvalue weighted by molar-refractivity contribution is 0.0945. The lowest BCUT2D eigenvalue weighted by Crippen LogP contribution is -2.45. The molecule has 3 aromatic rings. The molecule has 1 amide bonds. The molecule has 166 valence electrons. The number of nitrogens with one attached hydrogen (secondary N) is 1. The van der Waals surface area contributed by atoms with Crippen molar-refractivity contribution in [1.29, 1.82) is 0 Å². The van der Waals surface area contributed by atoms with Gasteiger partial charge in [-0.2, -0.15) is 0 Å². The minimum absolute atomic E-state index is 0.212. The van der Waals surface area contributed by atoms with Crippen LogP contribution in [0.4, 0.5) is 0 Å². The van der Waals surface area contributed by atoms with Gasteiger partial charge in [0.1, 0.15) is 6.26 Å². The first kappa shape index (κ1) is 22.0. The van der Waals surface area contributed by atoms with Crippen molar-refractivity contribution < 1.29 is 9.21 Å². The Labute approximate surface area is 189 Å². The van der Waals surface area contributed by atoms with Gasteiger partial charge in [-0.25, -0.2) is 4.98 Å². The maximum Gasteiger partial charge on any atom is 0.273 e. The number of nitrogens with zero attached hydrogens (tertiary/aromatic N) is 3. The van der Waals surface area contributed by atoms with Gasteiger partial charge in [-0.1, -0.05) is 72.3 Å². The van der Waals surface area contributed by atoms with Crippen LogP contribution >= 0.6 is 0 Å². The predicted octanol–water partition coefficient (Wildman–Crippen LogP) is 3.74. The molecule has 0 bridgehead atoms. The van der Waals surface area contributed by atoms with Crippen LogP contribution in [0.3, 0.4) is 0 Å². The van der Waals surface area contributed by atoms with Gasteiger partial charge in [0, 0.05) is 39.3 Å². The lowest BCUT2D eigenvalue weighted by Gasteiger charge is -2.33. The third-order valence-electron chi connectivity index (χ3n) is 5.66. The molecule has 0 saturated carbocycles. The Hall–Kier alpha value is -3.22. The second-order valence-electron chi connectivity index (χ2n) is 8.18. The summed E-state index contributed by atoms with van der Waals surface area (Å²) in [7, 11) is 0. The molecule has 4 rings (SSSR count). The van der Waals surface area contributed by atoms with Gasteiger partial charge < -0.3 is 9.73 Å². The topological polar surface area (TPSA) is 61.6 Å². The monoisotopic (exact) mass is 430 g/mol. The summed E-state index contributed by atoms with van der Waals surface area (Å²) >= 11 is 0. The summed E-state index contributed by atoms with van der Waals surface area (Å²) in [5, 5.41) is 2.90. The van der Waals surface area contributed by atoms with E-state index in [2.05, 4.69) is 56.5 Å². The number of piperazine rings is 1. The Balaban J connectivity index is 1.19. The number of amides is 1. The third-order valence-corrected chi connectivity index (χ3v) is 5.66. The fourth-order valence-electron chi connectivity index (χ4n) is 3.69. The van der Waals surface area contributed by atoms with Crippen molar-refractivity contribution in [1.82, 2.24) is 20.1 Å². The molecule has 32 heavy (non-hydrogen) atoms. The number of benzene rings is 2. The van der Waals surface area contributed by atoms with Crippen LogP contribution in [0.5, 0.6) is 0 Å². The fourth-order valence-corrected chi connectivity index (χ4v) is 3.69. The minimum atomic E-state index is -0.212. The van der Waals surface area contributed by atoms with E-state index in [0.717, 1.165) is 38.3 Å². The summed E-state index contributed by atoms with van der Waals surface area (Å²) in [6, 6.07) is 18.5. The zero-order valence-corrected chi connectivity index (χ0v) is 18.5. The summed E-state index contributed by atoms with van der Waals surface area (Å²) < 4.78 is 5.56. The van der Waals surface area contributed by atoms with E-state index in [4.69, 9.17) is 4.42 Å². The number of aromatic nitrogens is 1. The summed E-state index contributed by atoms with van der Waals surface area (Å²) in [6.07, 6.45) is 5.84. The van der Waals surface area contributed by atoms with Gasteiger partial charge in [-0.15, -0.1) is 0 Å². The first-order valence-corrected chi connectivity index (χ1v) is 11.1. The minimum Gasteiger partial charge on any atom is -0.447 e. The number of carbonyl (C=O) groups is 1. The quantitative estimate of drug-likeness (QED) is 0.590. The summed E-state index contributed by atoms with van der Waals surface area (Å²) in [6.45, 7) is 8.01. The van der Waals surface area contributed by atoms with Crippen LogP contribution in [-0.2, 0) is 13.1 Å². The third kappa shape index (κ3) is 6.39. The summed E-state index contributed by atoms with van der Waals surface area (Å²) in [5.74, 6) is 0.374. The van der Waals surface area contributed by atoms with Gasteiger partial charge in [-0.3, -0.25) is 14.6 Å². The number of oxazole rings is 1. The molecular formula is C26H30N4O2. The zero-order valence-electron chi connectivity index (χ0n) is 18.5. The molecular weight excluding hydrogens is 400 g/mol. The Morgan fingerprint density at radius 1 is 1.03 bits per heavy atom. The maximum absolute atomic E-state index is 12.4. The fraction of sp³-hybridized carbons (Fsp3) is 0.308. The van der Waals surface area contributed by atoms with Crippen LogP contribution in [0.2, 0.25) is 0 Å². The van der Waals surface area contributed by atoms with E-state index in [0.29, 0.717) is 24.7 Å². The van der Waals surface area contributed by atoms with Crippen molar-refractivity contribution in [2.24, 2.45) is 0 Å². The molecule has 0 aliphatic carbocycles. The first-order valence-electron chi connectivity index (χ1n) is 11.1. The molecule has 0 unspecified atom stereocenters. The highest BCUT2D eigenvalue weighted by molar-refractivity contribution is 5.91. The number of rotatable bonds is 8. The maximum atomic E-state index is 12.4. The highest BCUT2D eigenvalue weighted by Crippen LogP contribution is 2.10. The van der Waals surface area contributed by atoms with Crippen molar-refractivity contribution >= 4 is 12.0 Å². The summed E-state index contributed by atoms with van der Waals surface area (Å²) in [4.78, 5) is 21.5. The van der Waals surface area contributed by atoms with Crippen molar-refractivity contribution in [3.05, 3.63) is 95.2 Å². The average molecular weight is 431 g/mol. The molecule has 1 aromatic heterocycles. The van der Waals surface area contributed by atoms with Crippen molar-refractivity contribution in [2.75, 3.05) is 32.7 Å². The number of hydrogen-bond acceptors (Lipinski definition) is 5. The van der Waals surface area contributed by atoms with Crippen molar-refractivity contribution in [2.45, 2.75) is 20.0 Å².